The molecule has 206 valence electrons. The lowest BCUT2D eigenvalue weighted by Gasteiger charge is -2.01. The van der Waals surface area contributed by atoms with Crippen LogP contribution in [-0.4, -0.2) is 56.8 Å². The summed E-state index contributed by atoms with van der Waals surface area (Å²) in [5.74, 6) is -1.32. The Labute approximate surface area is 209 Å². The lowest BCUT2D eigenvalue weighted by atomic mass is 10.1. The van der Waals surface area contributed by atoms with Gasteiger partial charge in [-0.1, -0.05) is 117 Å². The summed E-state index contributed by atoms with van der Waals surface area (Å²) in [6.07, 6.45) is 22.0. The zero-order valence-corrected chi connectivity index (χ0v) is 22.2. The molecule has 0 amide bonds. The predicted molar refractivity (Wildman–Crippen MR) is 139 cm³/mol. The van der Waals surface area contributed by atoms with Crippen LogP contribution in [0.15, 0.2) is 0 Å². The van der Waals surface area contributed by atoms with E-state index in [0.29, 0.717) is 12.8 Å². The maximum Gasteiger partial charge on any atom is 0.303 e. The molecule has 0 heterocycles. The van der Waals surface area contributed by atoms with Crippen LogP contribution in [0.3, 0.4) is 0 Å². The fraction of sp³-hybridized carbons (Fsp3) is 0.926. The van der Waals surface area contributed by atoms with Gasteiger partial charge < -0.3 is 25.5 Å². The van der Waals surface area contributed by atoms with Crippen molar-refractivity contribution >= 4 is 11.9 Å². The van der Waals surface area contributed by atoms with Crippen LogP contribution < -0.4 is 0 Å². The quantitative estimate of drug-likeness (QED) is 0.112. The third-order valence-electron chi connectivity index (χ3n) is 5.41. The molecule has 0 aromatic heterocycles. The normalized spacial score (nSPS) is 10.3. The van der Waals surface area contributed by atoms with Crippen LogP contribution in [0.2, 0.25) is 0 Å². The first kappa shape index (κ1) is 37.4. The predicted octanol–water partition coefficient (Wildman–Crippen LogP) is 6.32. The second-order valence-electron chi connectivity index (χ2n) is 8.96. The molecule has 0 aliphatic rings. The number of carboxylic acid groups (broad SMARTS) is 2. The van der Waals surface area contributed by atoms with Crippen LogP contribution in [0.5, 0.6) is 0 Å². The van der Waals surface area contributed by atoms with Crippen LogP contribution in [0.4, 0.5) is 0 Å². The Morgan fingerprint density at radius 3 is 0.912 bits per heavy atom. The molecule has 0 atom stereocenters. The van der Waals surface area contributed by atoms with E-state index in [9.17, 15) is 9.59 Å². The van der Waals surface area contributed by atoms with Crippen molar-refractivity contribution in [2.75, 3.05) is 13.2 Å². The molecule has 0 unspecified atom stereocenters. The first-order valence-electron chi connectivity index (χ1n) is 13.7. The van der Waals surface area contributed by atoms with Gasteiger partial charge in [0, 0.05) is 12.8 Å². The number of unbranched alkanes of at least 4 members (excludes halogenated alkanes) is 16. The van der Waals surface area contributed by atoms with Crippen LogP contribution in [0, 0.1) is 0 Å². The van der Waals surface area contributed by atoms with Crippen LogP contribution in [0.1, 0.15) is 142 Å². The summed E-state index contributed by atoms with van der Waals surface area (Å²) in [4.78, 5) is 20.4. The van der Waals surface area contributed by atoms with Gasteiger partial charge in [-0.2, -0.15) is 0 Å². The number of aliphatic hydroxyl groups is 3. The lowest BCUT2D eigenvalue weighted by Crippen LogP contribution is -2.15. The molecule has 0 aliphatic carbocycles. The molecular weight excluding hydrogens is 436 g/mol. The van der Waals surface area contributed by atoms with Gasteiger partial charge in [0.25, 0.3) is 0 Å². The maximum absolute atomic E-state index is 10.3. The molecule has 0 radical (unpaired) electrons. The van der Waals surface area contributed by atoms with Gasteiger partial charge in [0.15, 0.2) is 0 Å². The summed E-state index contributed by atoms with van der Waals surface area (Å²) < 4.78 is 0. The SMILES string of the molecule is CCCCCCCCCC(=O)O.CCCCCCCCCCCCCC(=O)O.OCC(O)CO. The number of carbonyl (C=O) groups is 2. The van der Waals surface area contributed by atoms with Crippen molar-refractivity contribution < 1.29 is 35.1 Å². The summed E-state index contributed by atoms with van der Waals surface area (Å²) in [6, 6.07) is 0. The number of hydrogen-bond donors (Lipinski definition) is 5. The van der Waals surface area contributed by atoms with Gasteiger partial charge in [-0.15, -0.1) is 0 Å². The van der Waals surface area contributed by atoms with E-state index in [4.69, 9.17) is 25.5 Å². The van der Waals surface area contributed by atoms with Crippen molar-refractivity contribution in [3.8, 4) is 0 Å². The molecular formula is C27H56O7. The molecule has 0 aromatic rings. The highest BCUT2D eigenvalue weighted by Gasteiger charge is 1.97. The fourth-order valence-electron chi connectivity index (χ4n) is 3.23. The second kappa shape index (κ2) is 34.0. The molecule has 0 saturated heterocycles. The van der Waals surface area contributed by atoms with Crippen LogP contribution in [-0.2, 0) is 9.59 Å². The minimum Gasteiger partial charge on any atom is -0.481 e. The third kappa shape index (κ3) is 44.5. The molecule has 5 N–H and O–H groups in total. The number of rotatable bonds is 22. The van der Waals surface area contributed by atoms with Gasteiger partial charge in [0.1, 0.15) is 6.10 Å². The summed E-state index contributed by atoms with van der Waals surface area (Å²) in [6.45, 7) is 3.72. The molecule has 0 fully saturated rings. The molecule has 34 heavy (non-hydrogen) atoms. The third-order valence-corrected chi connectivity index (χ3v) is 5.41. The van der Waals surface area contributed by atoms with E-state index in [-0.39, 0.29) is 13.2 Å². The summed E-state index contributed by atoms with van der Waals surface area (Å²) in [5, 5.41) is 40.8. The molecule has 0 spiro atoms. The highest BCUT2D eigenvalue weighted by molar-refractivity contribution is 5.66. The van der Waals surface area contributed by atoms with Crippen molar-refractivity contribution in [2.24, 2.45) is 0 Å². The zero-order valence-electron chi connectivity index (χ0n) is 22.2. The second-order valence-corrected chi connectivity index (χ2v) is 8.96. The van der Waals surface area contributed by atoms with E-state index in [1.807, 2.05) is 0 Å². The Hall–Kier alpha value is -1.18. The zero-order chi connectivity index (χ0) is 26.3. The van der Waals surface area contributed by atoms with Gasteiger partial charge in [-0.05, 0) is 12.8 Å². The van der Waals surface area contributed by atoms with E-state index in [1.54, 1.807) is 0 Å². The Balaban J connectivity index is -0.000000469. The Bertz CT molecular complexity index is 398. The minimum atomic E-state index is -0.954. The molecule has 0 aromatic carbocycles. The van der Waals surface area contributed by atoms with Gasteiger partial charge in [0.2, 0.25) is 0 Å². The fourth-order valence-corrected chi connectivity index (χ4v) is 3.23. The van der Waals surface area contributed by atoms with E-state index in [1.165, 1.54) is 89.9 Å². The monoisotopic (exact) mass is 492 g/mol. The smallest absolute Gasteiger partial charge is 0.303 e. The highest BCUT2D eigenvalue weighted by Crippen LogP contribution is 2.12. The Kier molecular flexibility index (Phi) is 37.4. The molecule has 0 aliphatic heterocycles. The number of aliphatic carboxylic acids is 2. The molecule has 0 rings (SSSR count). The van der Waals surface area contributed by atoms with Crippen LogP contribution in [0.25, 0.3) is 0 Å². The summed E-state index contributed by atoms with van der Waals surface area (Å²) in [5.41, 5.74) is 0. The van der Waals surface area contributed by atoms with E-state index in [0.717, 1.165) is 25.7 Å². The summed E-state index contributed by atoms with van der Waals surface area (Å²) in [7, 11) is 0. The largest absolute Gasteiger partial charge is 0.481 e. The molecule has 7 heteroatoms. The van der Waals surface area contributed by atoms with Crippen molar-refractivity contribution in [1.29, 1.82) is 0 Å². The average Bonchev–Trinajstić information content (AvgIpc) is 2.82. The van der Waals surface area contributed by atoms with E-state index < -0.39 is 18.0 Å². The molecule has 7 nitrogen and oxygen atoms in total. The van der Waals surface area contributed by atoms with Crippen molar-refractivity contribution in [3.63, 3.8) is 0 Å². The average molecular weight is 493 g/mol. The summed E-state index contributed by atoms with van der Waals surface area (Å²) >= 11 is 0. The van der Waals surface area contributed by atoms with Gasteiger partial charge in [-0.25, -0.2) is 0 Å². The standard InChI is InChI=1S/C14H28O2.C10H20O2.C3H8O3/c1-2-3-4-5-6-7-8-9-10-11-12-13-14(15)16;1-2-3-4-5-6-7-8-9-10(11)12;4-1-3(6)2-5/h2-13H2,1H3,(H,15,16);2-9H2,1H3,(H,11,12);3-6H,1-2H2. The van der Waals surface area contributed by atoms with Gasteiger partial charge in [-0.3, -0.25) is 9.59 Å². The number of carboxylic acids is 2. The first-order valence-corrected chi connectivity index (χ1v) is 13.7. The highest BCUT2D eigenvalue weighted by atomic mass is 16.4. The number of aliphatic hydroxyl groups excluding tert-OH is 3. The van der Waals surface area contributed by atoms with Gasteiger partial charge >= 0.3 is 11.9 Å². The minimum absolute atomic E-state index is 0.341. The van der Waals surface area contributed by atoms with Crippen molar-refractivity contribution in [2.45, 2.75) is 148 Å². The van der Waals surface area contributed by atoms with Gasteiger partial charge in [0.05, 0.1) is 13.2 Å². The van der Waals surface area contributed by atoms with Crippen molar-refractivity contribution in [3.05, 3.63) is 0 Å². The lowest BCUT2D eigenvalue weighted by molar-refractivity contribution is -0.138. The van der Waals surface area contributed by atoms with Crippen LogP contribution >= 0.6 is 0 Å². The number of hydrogen-bond acceptors (Lipinski definition) is 5. The molecule has 0 saturated carbocycles. The first-order chi connectivity index (χ1) is 16.3. The van der Waals surface area contributed by atoms with E-state index in [2.05, 4.69) is 13.8 Å². The van der Waals surface area contributed by atoms with E-state index >= 15 is 0 Å². The van der Waals surface area contributed by atoms with Crippen molar-refractivity contribution in [1.82, 2.24) is 0 Å². The Morgan fingerprint density at radius 2 is 0.735 bits per heavy atom. The molecule has 0 bridgehead atoms. The maximum atomic E-state index is 10.3. The topological polar surface area (TPSA) is 135 Å². The Morgan fingerprint density at radius 1 is 0.500 bits per heavy atom.